The molecule has 9 nitrogen and oxygen atoms in total. The normalized spacial score (nSPS) is 32.5. The number of hydrogen-bond acceptors (Lipinski definition) is 9. The SMILES string of the molecule is COC(=C1C2CC3CC(C2)CC1C3)c1ccc(/C=C/C#N)c(OCc2ccc(O[C@@H]3OC(CO)[C@H](O)C(O)C3O)cc2)c1Cl. The van der Waals surface area contributed by atoms with Gasteiger partial charge in [-0.2, -0.15) is 5.26 Å². The molecule has 0 aromatic heterocycles. The maximum Gasteiger partial charge on any atom is 0.229 e. The van der Waals surface area contributed by atoms with Gasteiger partial charge >= 0.3 is 0 Å². The molecular weight excluding hydrogens is 586 g/mol. The zero-order valence-corrected chi connectivity index (χ0v) is 25.3. The fourth-order valence-corrected chi connectivity index (χ4v) is 8.03. The molecule has 2 aromatic carbocycles. The van der Waals surface area contributed by atoms with E-state index in [1.807, 2.05) is 18.2 Å². The molecule has 5 fully saturated rings. The Morgan fingerprint density at radius 3 is 2.27 bits per heavy atom. The Balaban J connectivity index is 1.21. The summed E-state index contributed by atoms with van der Waals surface area (Å²) in [6.45, 7) is -0.369. The Bertz CT molecular complexity index is 1420. The van der Waals surface area contributed by atoms with Gasteiger partial charge < -0.3 is 39.4 Å². The van der Waals surface area contributed by atoms with Crippen LogP contribution in [0.5, 0.6) is 11.5 Å². The molecular formula is C34H38ClNO8. The second-order valence-electron chi connectivity index (χ2n) is 12.3. The number of halogens is 1. The highest BCUT2D eigenvalue weighted by molar-refractivity contribution is 6.34. The minimum absolute atomic E-state index is 0.171. The molecule has 44 heavy (non-hydrogen) atoms. The van der Waals surface area contributed by atoms with Crippen molar-refractivity contribution in [3.8, 4) is 17.6 Å². The highest BCUT2D eigenvalue weighted by atomic mass is 35.5. The van der Waals surface area contributed by atoms with Crippen molar-refractivity contribution in [3.63, 3.8) is 0 Å². The maximum atomic E-state index is 10.3. The minimum atomic E-state index is -1.53. The molecule has 0 amide bonds. The highest BCUT2D eigenvalue weighted by Crippen LogP contribution is 2.58. The van der Waals surface area contributed by atoms with Gasteiger partial charge in [0, 0.05) is 17.2 Å². The second-order valence-corrected chi connectivity index (χ2v) is 12.7. The van der Waals surface area contributed by atoms with Gasteiger partial charge in [0.2, 0.25) is 6.29 Å². The van der Waals surface area contributed by atoms with Crippen LogP contribution in [0.15, 0.2) is 48.0 Å². The molecule has 4 bridgehead atoms. The Hall–Kier alpha value is -3.10. The number of nitriles is 1. The minimum Gasteiger partial charge on any atom is -0.496 e. The van der Waals surface area contributed by atoms with Crippen molar-refractivity contribution in [1.29, 1.82) is 5.26 Å². The summed E-state index contributed by atoms with van der Waals surface area (Å²) in [7, 11) is 1.71. The summed E-state index contributed by atoms with van der Waals surface area (Å²) in [5.41, 5.74) is 3.66. The number of aliphatic hydroxyl groups is 4. The van der Waals surface area contributed by atoms with Crippen molar-refractivity contribution < 1.29 is 39.4 Å². The predicted molar refractivity (Wildman–Crippen MR) is 162 cm³/mol. The van der Waals surface area contributed by atoms with Crippen molar-refractivity contribution in [2.45, 2.75) is 69.4 Å². The monoisotopic (exact) mass is 623 g/mol. The third kappa shape index (κ3) is 5.95. The predicted octanol–water partition coefficient (Wildman–Crippen LogP) is 4.45. The van der Waals surface area contributed by atoms with Crippen molar-refractivity contribution in [1.82, 2.24) is 0 Å². The molecule has 1 heterocycles. The van der Waals surface area contributed by atoms with Crippen LogP contribution in [0, 0.1) is 35.0 Å². The van der Waals surface area contributed by atoms with Gasteiger partial charge in [-0.05, 0) is 91.2 Å². The second kappa shape index (κ2) is 13.1. The standard InChI is InChI=1S/C34H38ClNO8/c1-41-33(27-22-12-19-11-20(14-22)15-23(27)13-19)25-9-6-21(3-2-10-36)32(28(25)35)42-17-18-4-7-24(8-5-18)43-34-31(40)30(39)29(38)26(16-37)44-34/h2-9,19-20,22-23,26,29-31,34,37-40H,11-17H2,1H3/b3-2+,33-27?/t19?,20?,22?,23?,26?,29-,30?,31?,34+/m0/s1. The van der Waals surface area contributed by atoms with E-state index in [4.69, 9.17) is 35.8 Å². The van der Waals surface area contributed by atoms with Gasteiger partial charge in [-0.1, -0.05) is 29.8 Å². The number of ether oxygens (including phenoxy) is 4. The quantitative estimate of drug-likeness (QED) is 0.235. The smallest absolute Gasteiger partial charge is 0.229 e. The molecule has 0 radical (unpaired) electrons. The Labute approximate surface area is 261 Å². The molecule has 10 heteroatoms. The van der Waals surface area contributed by atoms with E-state index >= 15 is 0 Å². The molecule has 4 N–H and O–H groups in total. The average molecular weight is 624 g/mol. The lowest BCUT2D eigenvalue weighted by atomic mass is 9.54. The van der Waals surface area contributed by atoms with Crippen molar-refractivity contribution in [2.24, 2.45) is 23.7 Å². The summed E-state index contributed by atoms with van der Waals surface area (Å²) in [5, 5.41) is 49.3. The van der Waals surface area contributed by atoms with Gasteiger partial charge in [-0.15, -0.1) is 0 Å². The van der Waals surface area contributed by atoms with E-state index in [1.54, 1.807) is 37.5 Å². The lowest BCUT2D eigenvalue weighted by Crippen LogP contribution is -2.60. The van der Waals surface area contributed by atoms with Gasteiger partial charge in [-0.25, -0.2) is 0 Å². The molecule has 4 aliphatic carbocycles. The van der Waals surface area contributed by atoms with Crippen LogP contribution in [0.1, 0.15) is 48.8 Å². The number of nitrogens with zero attached hydrogens (tertiary/aromatic N) is 1. The zero-order chi connectivity index (χ0) is 31.0. The molecule has 1 aliphatic heterocycles. The molecule has 0 spiro atoms. The molecule has 7 rings (SSSR count). The summed E-state index contributed by atoms with van der Waals surface area (Å²) < 4.78 is 23.5. The van der Waals surface area contributed by atoms with Crippen LogP contribution < -0.4 is 9.47 Å². The molecule has 3 unspecified atom stereocenters. The van der Waals surface area contributed by atoms with Crippen LogP contribution in [-0.2, 0) is 16.1 Å². The number of hydrogen-bond donors (Lipinski definition) is 4. The van der Waals surface area contributed by atoms with Crippen LogP contribution in [0.4, 0.5) is 0 Å². The summed E-state index contributed by atoms with van der Waals surface area (Å²) in [5.74, 6) is 4.35. The van der Waals surface area contributed by atoms with Crippen molar-refractivity contribution in [2.75, 3.05) is 13.7 Å². The van der Waals surface area contributed by atoms with Crippen molar-refractivity contribution >= 4 is 23.4 Å². The first-order valence-corrected chi connectivity index (χ1v) is 15.5. The Kier molecular flexibility index (Phi) is 9.20. The van der Waals surface area contributed by atoms with Crippen LogP contribution in [0.25, 0.3) is 11.8 Å². The van der Waals surface area contributed by atoms with Gasteiger partial charge in [-0.3, -0.25) is 0 Å². The lowest BCUT2D eigenvalue weighted by molar-refractivity contribution is -0.277. The Morgan fingerprint density at radius 1 is 0.977 bits per heavy atom. The van der Waals surface area contributed by atoms with Gasteiger partial charge in [0.15, 0.2) is 0 Å². The van der Waals surface area contributed by atoms with Crippen molar-refractivity contribution in [3.05, 3.63) is 69.8 Å². The fraction of sp³-hybridized carbons (Fsp3) is 0.500. The fourth-order valence-electron chi connectivity index (χ4n) is 7.72. The number of rotatable bonds is 9. The van der Waals surface area contributed by atoms with Crippen LogP contribution >= 0.6 is 11.6 Å². The van der Waals surface area contributed by atoms with E-state index in [2.05, 4.69) is 0 Å². The third-order valence-electron chi connectivity index (χ3n) is 9.60. The molecule has 5 atom stereocenters. The van der Waals surface area contributed by atoms with Crippen LogP contribution in [0.2, 0.25) is 5.02 Å². The van der Waals surface area contributed by atoms with Crippen LogP contribution in [0.3, 0.4) is 0 Å². The summed E-state index contributed by atoms with van der Waals surface area (Å²) >= 11 is 7.07. The van der Waals surface area contributed by atoms with E-state index in [9.17, 15) is 20.4 Å². The number of allylic oxidation sites excluding steroid dienone is 2. The zero-order valence-electron chi connectivity index (χ0n) is 24.5. The molecule has 5 aliphatic rings. The summed E-state index contributed by atoms with van der Waals surface area (Å²) in [6.07, 6.45) is 2.46. The number of benzene rings is 2. The van der Waals surface area contributed by atoms with Gasteiger partial charge in [0.05, 0.1) is 24.8 Å². The third-order valence-corrected chi connectivity index (χ3v) is 9.98. The number of methoxy groups -OCH3 is 1. The highest BCUT2D eigenvalue weighted by Gasteiger charge is 2.47. The van der Waals surface area contributed by atoms with E-state index in [-0.39, 0.29) is 6.61 Å². The topological polar surface area (TPSA) is 142 Å². The van der Waals surface area contributed by atoms with E-state index in [0.29, 0.717) is 33.9 Å². The summed E-state index contributed by atoms with van der Waals surface area (Å²) in [6, 6.07) is 12.8. The molecule has 2 aromatic rings. The largest absolute Gasteiger partial charge is 0.496 e. The van der Waals surface area contributed by atoms with E-state index in [1.165, 1.54) is 43.8 Å². The first-order valence-electron chi connectivity index (χ1n) is 15.2. The van der Waals surface area contributed by atoms with E-state index in [0.717, 1.165) is 28.7 Å². The van der Waals surface area contributed by atoms with Gasteiger partial charge in [0.1, 0.15) is 48.3 Å². The molecule has 1 saturated heterocycles. The lowest BCUT2D eigenvalue weighted by Gasteiger charge is -2.51. The maximum absolute atomic E-state index is 10.3. The number of aliphatic hydroxyl groups excluding tert-OH is 4. The van der Waals surface area contributed by atoms with Crippen LogP contribution in [-0.4, -0.2) is 64.8 Å². The molecule has 234 valence electrons. The average Bonchev–Trinajstić information content (AvgIpc) is 3.02. The summed E-state index contributed by atoms with van der Waals surface area (Å²) in [4.78, 5) is 0. The Morgan fingerprint density at radius 2 is 1.66 bits per heavy atom. The van der Waals surface area contributed by atoms with E-state index < -0.39 is 37.3 Å². The first-order chi connectivity index (χ1) is 21.3. The van der Waals surface area contributed by atoms with Gasteiger partial charge in [0.25, 0.3) is 0 Å². The molecule has 4 saturated carbocycles. The first kappa shape index (κ1) is 30.9.